The second-order valence-corrected chi connectivity index (χ2v) is 7.79. The van der Waals surface area contributed by atoms with Gasteiger partial charge in [-0.05, 0) is 44.9 Å². The lowest BCUT2D eigenvalue weighted by Crippen LogP contribution is -2.56. The Labute approximate surface area is 153 Å². The summed E-state index contributed by atoms with van der Waals surface area (Å²) >= 11 is 0. The van der Waals surface area contributed by atoms with Crippen LogP contribution in [-0.4, -0.2) is 34.8 Å². The van der Waals surface area contributed by atoms with Crippen LogP contribution in [-0.2, 0) is 10.2 Å². The molecule has 0 spiro atoms. The lowest BCUT2D eigenvalue weighted by Gasteiger charge is -2.48. The van der Waals surface area contributed by atoms with Crippen LogP contribution < -0.4 is 10.1 Å². The minimum atomic E-state index is -0.338. The van der Waals surface area contributed by atoms with Crippen LogP contribution in [0.4, 0.5) is 10.1 Å². The van der Waals surface area contributed by atoms with Gasteiger partial charge in [0, 0.05) is 35.7 Å². The predicted molar refractivity (Wildman–Crippen MR) is 98.0 cm³/mol. The quantitative estimate of drug-likeness (QED) is 0.902. The first-order valence-electron chi connectivity index (χ1n) is 9.05. The average molecular weight is 357 g/mol. The van der Waals surface area contributed by atoms with E-state index in [1.165, 1.54) is 0 Å². The highest BCUT2D eigenvalue weighted by Gasteiger charge is 2.53. The highest BCUT2D eigenvalue weighted by Crippen LogP contribution is 2.51. The summed E-state index contributed by atoms with van der Waals surface area (Å²) in [5, 5.41) is 3.46. The second-order valence-electron chi connectivity index (χ2n) is 7.79. The number of nitrogens with zero attached hydrogens (tertiary/aromatic N) is 2. The number of hydrogen-bond acceptors (Lipinski definition) is 5. The molecule has 1 fully saturated rings. The lowest BCUT2D eigenvalue weighted by molar-refractivity contribution is 0.0352. The van der Waals surface area contributed by atoms with Crippen molar-refractivity contribution in [2.24, 2.45) is 0 Å². The monoisotopic (exact) mass is 357 g/mol. The number of benzene rings is 1. The van der Waals surface area contributed by atoms with Gasteiger partial charge in [-0.2, -0.15) is 0 Å². The van der Waals surface area contributed by atoms with Crippen LogP contribution in [0.5, 0.6) is 5.88 Å². The first-order valence-corrected chi connectivity index (χ1v) is 9.05. The molecular weight excluding hydrogens is 333 g/mol. The van der Waals surface area contributed by atoms with Crippen LogP contribution in [0.25, 0.3) is 11.3 Å². The molecule has 2 aliphatic rings. The van der Waals surface area contributed by atoms with Gasteiger partial charge in [0.1, 0.15) is 11.5 Å². The third-order valence-electron chi connectivity index (χ3n) is 5.52. The summed E-state index contributed by atoms with van der Waals surface area (Å²) in [6.45, 7) is 9.43. The van der Waals surface area contributed by atoms with E-state index in [1.807, 2.05) is 13.0 Å². The Kier molecular flexibility index (Phi) is 3.91. The number of nitrogens with one attached hydrogen (secondary N) is 1. The molecule has 3 heterocycles. The third-order valence-corrected chi connectivity index (χ3v) is 5.52. The maximum absolute atomic E-state index is 15.0. The Morgan fingerprint density at radius 1 is 1.27 bits per heavy atom. The maximum Gasteiger partial charge on any atom is 0.240 e. The van der Waals surface area contributed by atoms with E-state index >= 15 is 4.39 Å². The predicted octanol–water partition coefficient (Wildman–Crippen LogP) is 3.93. The molecule has 0 radical (unpaired) electrons. The third kappa shape index (κ3) is 2.47. The molecule has 1 N–H and O–H groups in total. The number of aromatic nitrogens is 2. The molecule has 138 valence electrons. The van der Waals surface area contributed by atoms with E-state index in [0.29, 0.717) is 30.4 Å². The Morgan fingerprint density at radius 3 is 2.81 bits per heavy atom. The van der Waals surface area contributed by atoms with Gasteiger partial charge in [-0.1, -0.05) is 6.92 Å². The minimum absolute atomic E-state index is 0.0223. The van der Waals surface area contributed by atoms with Crippen LogP contribution in [0, 0.1) is 5.82 Å². The minimum Gasteiger partial charge on any atom is -0.476 e. The number of fused-ring (bicyclic) bond motifs is 3. The molecule has 2 aliphatic heterocycles. The van der Waals surface area contributed by atoms with Gasteiger partial charge in [0.15, 0.2) is 0 Å². The molecular formula is C20H24FN3O2. The van der Waals surface area contributed by atoms with Crippen LogP contribution in [0.2, 0.25) is 0 Å². The fourth-order valence-corrected chi connectivity index (χ4v) is 4.48. The molecule has 5 nitrogen and oxygen atoms in total. The summed E-state index contributed by atoms with van der Waals surface area (Å²) in [4.78, 5) is 8.55. The van der Waals surface area contributed by atoms with Crippen molar-refractivity contribution in [1.29, 1.82) is 0 Å². The first-order chi connectivity index (χ1) is 12.4. The van der Waals surface area contributed by atoms with Crippen molar-refractivity contribution in [3.8, 4) is 17.1 Å². The molecule has 4 rings (SSSR count). The van der Waals surface area contributed by atoms with Crippen molar-refractivity contribution in [2.45, 2.75) is 51.2 Å². The lowest BCUT2D eigenvalue weighted by atomic mass is 9.67. The first kappa shape index (κ1) is 17.2. The molecule has 1 aromatic heterocycles. The van der Waals surface area contributed by atoms with E-state index in [2.05, 4.69) is 36.1 Å². The number of ether oxygens (including phenoxy) is 2. The zero-order valence-electron chi connectivity index (χ0n) is 15.6. The van der Waals surface area contributed by atoms with Gasteiger partial charge in [-0.15, -0.1) is 0 Å². The second kappa shape index (κ2) is 5.91. The molecule has 0 amide bonds. The van der Waals surface area contributed by atoms with Gasteiger partial charge in [-0.25, -0.2) is 14.4 Å². The summed E-state index contributed by atoms with van der Waals surface area (Å²) in [5.74, 6) is 0.0109. The highest BCUT2D eigenvalue weighted by atomic mass is 19.1. The van der Waals surface area contributed by atoms with Crippen molar-refractivity contribution in [2.75, 3.05) is 18.5 Å². The fraction of sp³-hybridized carbons (Fsp3) is 0.500. The van der Waals surface area contributed by atoms with Crippen LogP contribution in [0.15, 0.2) is 24.5 Å². The molecule has 2 aromatic rings. The Balaban J connectivity index is 1.90. The maximum atomic E-state index is 15.0. The van der Waals surface area contributed by atoms with E-state index in [0.717, 1.165) is 17.7 Å². The highest BCUT2D eigenvalue weighted by molar-refractivity contribution is 5.72. The smallest absolute Gasteiger partial charge is 0.240 e. The molecule has 0 bridgehead atoms. The van der Waals surface area contributed by atoms with Gasteiger partial charge in [0.2, 0.25) is 5.88 Å². The zero-order valence-corrected chi connectivity index (χ0v) is 15.6. The summed E-state index contributed by atoms with van der Waals surface area (Å²) in [6, 6.07) is 3.46. The largest absolute Gasteiger partial charge is 0.476 e. The standard InChI is InChI=1S/C20H24FN3O2/c1-5-25-17-16(22-7-8-23-17)12-10-13-15(11-14(12)21)24-19(2,3)18-20(13,4)6-9-26-18/h7-8,10-11,18,24H,5-6,9H2,1-4H3. The molecule has 2 unspecified atom stereocenters. The number of halogens is 1. The van der Waals surface area contributed by atoms with E-state index in [4.69, 9.17) is 9.47 Å². The molecule has 1 saturated heterocycles. The van der Waals surface area contributed by atoms with Crippen molar-refractivity contribution in [3.05, 3.63) is 35.9 Å². The van der Waals surface area contributed by atoms with Gasteiger partial charge in [0.05, 0.1) is 18.2 Å². The van der Waals surface area contributed by atoms with E-state index < -0.39 is 0 Å². The molecule has 0 aliphatic carbocycles. The Morgan fingerprint density at radius 2 is 2.04 bits per heavy atom. The summed E-state index contributed by atoms with van der Waals surface area (Å²) in [7, 11) is 0. The zero-order chi connectivity index (χ0) is 18.5. The van der Waals surface area contributed by atoms with Crippen molar-refractivity contribution in [3.63, 3.8) is 0 Å². The average Bonchev–Trinajstić information content (AvgIpc) is 2.99. The number of hydrogen-bond donors (Lipinski definition) is 1. The normalized spacial score (nSPS) is 26.0. The van der Waals surface area contributed by atoms with Gasteiger partial charge < -0.3 is 14.8 Å². The molecule has 0 saturated carbocycles. The molecule has 2 atom stereocenters. The Bertz CT molecular complexity index is 855. The number of rotatable bonds is 3. The van der Waals surface area contributed by atoms with Gasteiger partial charge in [-0.3, -0.25) is 0 Å². The summed E-state index contributed by atoms with van der Waals surface area (Å²) < 4.78 is 26.6. The van der Waals surface area contributed by atoms with E-state index in [9.17, 15) is 0 Å². The topological polar surface area (TPSA) is 56.3 Å². The molecule has 26 heavy (non-hydrogen) atoms. The SMILES string of the molecule is CCOc1nccnc1-c1cc2c(cc1F)NC(C)(C)C1OCCC21C. The van der Waals surface area contributed by atoms with Crippen molar-refractivity contribution >= 4 is 5.69 Å². The van der Waals surface area contributed by atoms with Crippen LogP contribution in [0.1, 0.15) is 39.7 Å². The van der Waals surface area contributed by atoms with Crippen molar-refractivity contribution < 1.29 is 13.9 Å². The number of anilines is 1. The van der Waals surface area contributed by atoms with Gasteiger partial charge >= 0.3 is 0 Å². The van der Waals surface area contributed by atoms with Crippen LogP contribution >= 0.6 is 0 Å². The van der Waals surface area contributed by atoms with E-state index in [-0.39, 0.29) is 22.9 Å². The fourth-order valence-electron chi connectivity index (χ4n) is 4.48. The van der Waals surface area contributed by atoms with Crippen molar-refractivity contribution in [1.82, 2.24) is 9.97 Å². The van der Waals surface area contributed by atoms with Gasteiger partial charge in [0.25, 0.3) is 0 Å². The summed E-state index contributed by atoms with van der Waals surface area (Å²) in [6.07, 6.45) is 4.03. The molecule has 6 heteroatoms. The van der Waals surface area contributed by atoms with E-state index in [1.54, 1.807) is 18.5 Å². The van der Waals surface area contributed by atoms with Crippen LogP contribution in [0.3, 0.4) is 0 Å². The Hall–Kier alpha value is -2.21. The summed E-state index contributed by atoms with van der Waals surface area (Å²) in [5.41, 5.74) is 2.27. The molecule has 1 aromatic carbocycles.